The van der Waals surface area contributed by atoms with Gasteiger partial charge < -0.3 is 11.1 Å². The number of aryl methyl sites for hydroxylation is 1. The molecule has 1 fully saturated rings. The summed E-state index contributed by atoms with van der Waals surface area (Å²) in [4.78, 5) is 16.4. The van der Waals surface area contributed by atoms with Gasteiger partial charge in [-0.15, -0.1) is 0 Å². The minimum absolute atomic E-state index is 0.0906. The smallest absolute Gasteiger partial charge is 0.255 e. The Bertz CT molecular complexity index is 450. The summed E-state index contributed by atoms with van der Waals surface area (Å²) in [6, 6.07) is 1.73. The van der Waals surface area contributed by atoms with Crippen molar-refractivity contribution in [3.8, 4) is 0 Å². The zero-order chi connectivity index (χ0) is 13.2. The third kappa shape index (κ3) is 2.81. The van der Waals surface area contributed by atoms with Crippen LogP contribution in [-0.2, 0) is 0 Å². The first-order valence-electron chi connectivity index (χ1n) is 6.55. The van der Waals surface area contributed by atoms with Gasteiger partial charge in [-0.25, -0.2) is 0 Å². The summed E-state index contributed by atoms with van der Waals surface area (Å²) in [5.41, 5.74) is 7.58. The molecule has 0 unspecified atom stereocenters. The minimum Gasteiger partial charge on any atom is -0.398 e. The van der Waals surface area contributed by atoms with Gasteiger partial charge in [-0.3, -0.25) is 9.78 Å². The van der Waals surface area contributed by atoms with Crippen LogP contribution in [0.1, 0.15) is 55.1 Å². The number of carbonyl (C=O) groups is 1. The molecule has 0 radical (unpaired) electrons. The van der Waals surface area contributed by atoms with Crippen molar-refractivity contribution in [3.63, 3.8) is 0 Å². The molecular weight excluding hydrogens is 226 g/mol. The van der Waals surface area contributed by atoms with E-state index in [1.807, 2.05) is 6.92 Å². The predicted octanol–water partition coefficient (Wildman–Crippen LogP) is 2.42. The van der Waals surface area contributed by atoms with Crippen LogP contribution in [0.25, 0.3) is 0 Å². The Morgan fingerprint density at radius 2 is 2.06 bits per heavy atom. The van der Waals surface area contributed by atoms with Crippen LogP contribution in [0.15, 0.2) is 12.3 Å². The number of rotatable bonds is 2. The van der Waals surface area contributed by atoms with Crippen molar-refractivity contribution in [1.29, 1.82) is 0 Å². The molecule has 0 saturated heterocycles. The fourth-order valence-corrected chi connectivity index (χ4v) is 2.57. The largest absolute Gasteiger partial charge is 0.398 e. The molecule has 1 aliphatic rings. The maximum Gasteiger partial charge on any atom is 0.255 e. The average molecular weight is 247 g/mol. The molecule has 1 aliphatic carbocycles. The lowest BCUT2D eigenvalue weighted by Crippen LogP contribution is -2.47. The first-order chi connectivity index (χ1) is 8.50. The molecule has 0 bridgehead atoms. The number of amides is 1. The first-order valence-corrected chi connectivity index (χ1v) is 6.55. The predicted molar refractivity (Wildman–Crippen MR) is 72.3 cm³/mol. The monoisotopic (exact) mass is 247 g/mol. The molecule has 4 nitrogen and oxygen atoms in total. The summed E-state index contributed by atoms with van der Waals surface area (Å²) in [5, 5.41) is 3.11. The third-order valence-electron chi connectivity index (χ3n) is 3.69. The number of pyridine rings is 1. The number of aromatic nitrogens is 1. The van der Waals surface area contributed by atoms with Gasteiger partial charge in [-0.1, -0.05) is 19.3 Å². The summed E-state index contributed by atoms with van der Waals surface area (Å²) < 4.78 is 0. The fourth-order valence-electron chi connectivity index (χ4n) is 2.57. The molecule has 4 heteroatoms. The Balaban J connectivity index is 2.11. The van der Waals surface area contributed by atoms with E-state index in [4.69, 9.17) is 5.73 Å². The van der Waals surface area contributed by atoms with Crippen molar-refractivity contribution in [2.24, 2.45) is 0 Å². The highest BCUT2D eigenvalue weighted by molar-refractivity contribution is 5.99. The van der Waals surface area contributed by atoms with E-state index in [0.717, 1.165) is 18.5 Å². The molecule has 0 atom stereocenters. The number of anilines is 1. The molecule has 18 heavy (non-hydrogen) atoms. The Labute approximate surface area is 108 Å². The fraction of sp³-hybridized carbons (Fsp3) is 0.571. The molecule has 1 aromatic rings. The van der Waals surface area contributed by atoms with Crippen LogP contribution in [0.5, 0.6) is 0 Å². The summed E-state index contributed by atoms with van der Waals surface area (Å²) in [6.07, 6.45) is 7.26. The lowest BCUT2D eigenvalue weighted by atomic mass is 9.83. The summed E-state index contributed by atoms with van der Waals surface area (Å²) in [6.45, 7) is 3.97. The molecule has 1 amide bonds. The second kappa shape index (κ2) is 4.96. The Morgan fingerprint density at radius 1 is 1.39 bits per heavy atom. The van der Waals surface area contributed by atoms with Gasteiger partial charge in [-0.2, -0.15) is 0 Å². The molecule has 98 valence electrons. The number of carbonyl (C=O) groups excluding carboxylic acids is 1. The molecular formula is C14H21N3O. The van der Waals surface area contributed by atoms with E-state index < -0.39 is 0 Å². The zero-order valence-corrected chi connectivity index (χ0v) is 11.1. The van der Waals surface area contributed by atoms with Gasteiger partial charge in [0.05, 0.1) is 5.56 Å². The van der Waals surface area contributed by atoms with Gasteiger partial charge in [-0.05, 0) is 32.8 Å². The van der Waals surface area contributed by atoms with Gasteiger partial charge >= 0.3 is 0 Å². The topological polar surface area (TPSA) is 68.0 Å². The normalized spacial score (nSPS) is 18.3. The van der Waals surface area contributed by atoms with Gasteiger partial charge in [0, 0.05) is 23.1 Å². The number of hydrogen-bond donors (Lipinski definition) is 2. The summed E-state index contributed by atoms with van der Waals surface area (Å²) in [7, 11) is 0. The first kappa shape index (κ1) is 12.9. The molecule has 1 heterocycles. The number of nitrogens with two attached hydrogens (primary N) is 1. The van der Waals surface area contributed by atoms with Crippen LogP contribution in [0.3, 0.4) is 0 Å². The highest BCUT2D eigenvalue weighted by atomic mass is 16.1. The molecule has 1 saturated carbocycles. The van der Waals surface area contributed by atoms with Crippen LogP contribution >= 0.6 is 0 Å². The number of hydrogen-bond acceptors (Lipinski definition) is 3. The van der Waals surface area contributed by atoms with Gasteiger partial charge in [0.2, 0.25) is 0 Å². The highest BCUT2D eigenvalue weighted by Crippen LogP contribution is 2.28. The van der Waals surface area contributed by atoms with E-state index in [1.54, 1.807) is 12.3 Å². The van der Waals surface area contributed by atoms with Crippen LogP contribution in [-0.4, -0.2) is 16.4 Å². The second-order valence-corrected chi connectivity index (χ2v) is 5.49. The maximum atomic E-state index is 12.2. The standard InChI is InChI=1S/C14H21N3O/c1-10-8-12(15)11(9-16-10)13(18)17-14(2)6-4-3-5-7-14/h8-9H,3-7H2,1-2H3,(H2,15,16)(H,17,18). The number of nitrogens with zero attached hydrogens (tertiary/aromatic N) is 1. The Morgan fingerprint density at radius 3 is 2.67 bits per heavy atom. The van der Waals surface area contributed by atoms with Crippen molar-refractivity contribution < 1.29 is 4.79 Å². The number of nitrogen functional groups attached to an aromatic ring is 1. The highest BCUT2D eigenvalue weighted by Gasteiger charge is 2.29. The van der Waals surface area contributed by atoms with E-state index in [-0.39, 0.29) is 11.4 Å². The van der Waals surface area contributed by atoms with Crippen molar-refractivity contribution in [2.75, 3.05) is 5.73 Å². The van der Waals surface area contributed by atoms with E-state index >= 15 is 0 Å². The average Bonchev–Trinajstić information content (AvgIpc) is 2.28. The van der Waals surface area contributed by atoms with Crippen LogP contribution < -0.4 is 11.1 Å². The third-order valence-corrected chi connectivity index (χ3v) is 3.69. The van der Waals surface area contributed by atoms with Crippen LogP contribution in [0, 0.1) is 6.92 Å². The van der Waals surface area contributed by atoms with Gasteiger partial charge in [0.1, 0.15) is 0 Å². The Hall–Kier alpha value is -1.58. The summed E-state index contributed by atoms with van der Waals surface area (Å²) >= 11 is 0. The summed E-state index contributed by atoms with van der Waals surface area (Å²) in [5.74, 6) is -0.107. The minimum atomic E-state index is -0.107. The van der Waals surface area contributed by atoms with Crippen molar-refractivity contribution in [2.45, 2.75) is 51.5 Å². The van der Waals surface area contributed by atoms with Crippen molar-refractivity contribution in [3.05, 3.63) is 23.5 Å². The van der Waals surface area contributed by atoms with E-state index in [2.05, 4.69) is 17.2 Å². The maximum absolute atomic E-state index is 12.2. The number of nitrogens with one attached hydrogen (secondary N) is 1. The molecule has 1 aromatic heterocycles. The zero-order valence-electron chi connectivity index (χ0n) is 11.1. The van der Waals surface area contributed by atoms with Crippen molar-refractivity contribution >= 4 is 11.6 Å². The quantitative estimate of drug-likeness (QED) is 0.843. The molecule has 0 aromatic carbocycles. The van der Waals surface area contributed by atoms with Crippen LogP contribution in [0.2, 0.25) is 0 Å². The van der Waals surface area contributed by atoms with E-state index in [1.165, 1.54) is 19.3 Å². The molecule has 2 rings (SSSR count). The SMILES string of the molecule is Cc1cc(N)c(C(=O)NC2(C)CCCCC2)cn1. The van der Waals surface area contributed by atoms with Gasteiger partial charge in [0.15, 0.2) is 0 Å². The lowest BCUT2D eigenvalue weighted by molar-refractivity contribution is 0.0883. The Kier molecular flexibility index (Phi) is 3.55. The van der Waals surface area contributed by atoms with Crippen molar-refractivity contribution in [1.82, 2.24) is 10.3 Å². The van der Waals surface area contributed by atoms with E-state index in [9.17, 15) is 4.79 Å². The van der Waals surface area contributed by atoms with E-state index in [0.29, 0.717) is 11.3 Å². The lowest BCUT2D eigenvalue weighted by Gasteiger charge is -2.34. The molecule has 3 N–H and O–H groups in total. The van der Waals surface area contributed by atoms with Gasteiger partial charge in [0.25, 0.3) is 5.91 Å². The second-order valence-electron chi connectivity index (χ2n) is 5.49. The molecule has 0 aliphatic heterocycles. The molecule has 0 spiro atoms. The van der Waals surface area contributed by atoms with Crippen LogP contribution in [0.4, 0.5) is 5.69 Å².